The first-order chi connectivity index (χ1) is 13.8. The highest BCUT2D eigenvalue weighted by Gasteiger charge is 2.28. The van der Waals surface area contributed by atoms with Gasteiger partial charge in [0.1, 0.15) is 6.33 Å². The zero-order valence-corrected chi connectivity index (χ0v) is 16.3. The van der Waals surface area contributed by atoms with Crippen molar-refractivity contribution in [2.75, 3.05) is 7.11 Å². The minimum atomic E-state index is -1.09. The third-order valence-corrected chi connectivity index (χ3v) is 4.45. The largest absolute Gasteiger partial charge is 0.465 e. The van der Waals surface area contributed by atoms with Crippen LogP contribution in [0.15, 0.2) is 30.6 Å². The van der Waals surface area contributed by atoms with Crippen molar-refractivity contribution in [2.45, 2.75) is 26.9 Å². The number of carbonyl (C=O) groups is 3. The lowest BCUT2D eigenvalue weighted by molar-refractivity contribution is 0.0316. The molecule has 0 radical (unpaired) electrons. The number of aromatic nitrogens is 5. The molecule has 2 aromatic heterocycles. The Morgan fingerprint density at radius 3 is 2.52 bits per heavy atom. The number of Topliss-reactive ketones (excluding diaryl/α,β-unsaturated/α-hetero) is 1. The van der Waals surface area contributed by atoms with Gasteiger partial charge < -0.3 is 14.5 Å². The van der Waals surface area contributed by atoms with Crippen molar-refractivity contribution in [3.05, 3.63) is 58.7 Å². The molecule has 2 heterocycles. The summed E-state index contributed by atoms with van der Waals surface area (Å²) in [5.41, 5.74) is 2.04. The predicted octanol–water partition coefficient (Wildman–Crippen LogP) is 1.82. The fourth-order valence-corrected chi connectivity index (χ4v) is 3.00. The van der Waals surface area contributed by atoms with E-state index in [1.54, 1.807) is 38.1 Å². The van der Waals surface area contributed by atoms with Gasteiger partial charge >= 0.3 is 11.9 Å². The number of carbonyl (C=O) groups excluding carboxylic acids is 3. The minimum Gasteiger partial charge on any atom is -0.465 e. The van der Waals surface area contributed by atoms with Crippen LogP contribution < -0.4 is 0 Å². The van der Waals surface area contributed by atoms with Crippen molar-refractivity contribution < 1.29 is 23.9 Å². The molecule has 0 bridgehead atoms. The van der Waals surface area contributed by atoms with Crippen LogP contribution in [-0.4, -0.2) is 56.1 Å². The average molecular weight is 397 g/mol. The van der Waals surface area contributed by atoms with Crippen LogP contribution in [0.25, 0.3) is 5.69 Å². The van der Waals surface area contributed by atoms with Gasteiger partial charge in [-0.05, 0) is 48.9 Å². The molecule has 10 nitrogen and oxygen atoms in total. The molecule has 0 saturated heterocycles. The van der Waals surface area contributed by atoms with Crippen molar-refractivity contribution in [3.63, 3.8) is 0 Å². The Morgan fingerprint density at radius 2 is 1.86 bits per heavy atom. The maximum atomic E-state index is 12.8. The van der Waals surface area contributed by atoms with Gasteiger partial charge in [0.05, 0.1) is 29.6 Å². The van der Waals surface area contributed by atoms with Gasteiger partial charge in [0.15, 0.2) is 6.10 Å². The van der Waals surface area contributed by atoms with E-state index in [1.807, 2.05) is 0 Å². The number of benzene rings is 1. The van der Waals surface area contributed by atoms with Gasteiger partial charge in [-0.2, -0.15) is 4.68 Å². The zero-order chi connectivity index (χ0) is 21.1. The Kier molecular flexibility index (Phi) is 5.53. The Hall–Kier alpha value is -3.82. The third-order valence-electron chi connectivity index (χ3n) is 4.45. The second-order valence-electron chi connectivity index (χ2n) is 6.30. The fourth-order valence-electron chi connectivity index (χ4n) is 3.00. The molecule has 0 aliphatic rings. The van der Waals surface area contributed by atoms with Gasteiger partial charge in [0.25, 0.3) is 0 Å². The number of ether oxygens (including phenoxy) is 2. The van der Waals surface area contributed by atoms with E-state index < -0.39 is 23.8 Å². The highest BCUT2D eigenvalue weighted by Crippen LogP contribution is 2.22. The molecular formula is C19H19N5O5. The number of nitrogens with one attached hydrogen (secondary N) is 1. The van der Waals surface area contributed by atoms with Crippen molar-refractivity contribution in [2.24, 2.45) is 0 Å². The molecule has 150 valence electrons. The number of ketones is 1. The molecule has 0 aliphatic carbocycles. The number of hydrogen-bond donors (Lipinski definition) is 1. The smallest absolute Gasteiger partial charge is 0.341 e. The molecule has 0 fully saturated rings. The molecule has 29 heavy (non-hydrogen) atoms. The van der Waals surface area contributed by atoms with Crippen LogP contribution in [0.4, 0.5) is 0 Å². The van der Waals surface area contributed by atoms with Crippen molar-refractivity contribution in [1.29, 1.82) is 0 Å². The summed E-state index contributed by atoms with van der Waals surface area (Å²) in [5, 5.41) is 10.9. The molecule has 1 atom stereocenters. The summed E-state index contributed by atoms with van der Waals surface area (Å²) in [6.07, 6.45) is 0.256. The van der Waals surface area contributed by atoms with Gasteiger partial charge in [-0.1, -0.05) is 12.1 Å². The lowest BCUT2D eigenvalue weighted by Crippen LogP contribution is -2.26. The molecule has 0 unspecified atom stereocenters. The van der Waals surface area contributed by atoms with E-state index in [9.17, 15) is 14.4 Å². The van der Waals surface area contributed by atoms with E-state index in [2.05, 4.69) is 20.5 Å². The SMILES string of the molecule is COC(=O)c1c(C)[nH]c(C(=O)[C@@H](C)OC(=O)c2ccccc2-n2cnnn2)c1C. The maximum absolute atomic E-state index is 12.8. The first-order valence-electron chi connectivity index (χ1n) is 8.70. The summed E-state index contributed by atoms with van der Waals surface area (Å²) < 4.78 is 11.4. The first kappa shape index (κ1) is 19.9. The number of tetrazole rings is 1. The Bertz CT molecular complexity index is 1070. The molecule has 1 N–H and O–H groups in total. The number of nitrogens with zero attached hydrogens (tertiary/aromatic N) is 4. The second-order valence-corrected chi connectivity index (χ2v) is 6.30. The van der Waals surface area contributed by atoms with E-state index in [0.29, 0.717) is 22.5 Å². The van der Waals surface area contributed by atoms with Crippen LogP contribution in [0, 0.1) is 13.8 Å². The number of rotatable bonds is 6. The number of aromatic amines is 1. The summed E-state index contributed by atoms with van der Waals surface area (Å²) in [5.74, 6) is -1.71. The average Bonchev–Trinajstić information content (AvgIpc) is 3.35. The van der Waals surface area contributed by atoms with Crippen molar-refractivity contribution in [1.82, 2.24) is 25.2 Å². The van der Waals surface area contributed by atoms with Gasteiger partial charge in [-0.3, -0.25) is 4.79 Å². The maximum Gasteiger partial charge on any atom is 0.341 e. The number of H-pyrrole nitrogens is 1. The summed E-state index contributed by atoms with van der Waals surface area (Å²) in [7, 11) is 1.27. The number of methoxy groups -OCH3 is 1. The Balaban J connectivity index is 1.83. The Morgan fingerprint density at radius 1 is 1.14 bits per heavy atom. The van der Waals surface area contributed by atoms with Crippen LogP contribution in [-0.2, 0) is 9.47 Å². The van der Waals surface area contributed by atoms with Crippen LogP contribution in [0.3, 0.4) is 0 Å². The van der Waals surface area contributed by atoms with Gasteiger partial charge in [0, 0.05) is 5.69 Å². The molecule has 10 heteroatoms. The third kappa shape index (κ3) is 3.77. The highest BCUT2D eigenvalue weighted by molar-refractivity contribution is 6.04. The lowest BCUT2D eigenvalue weighted by atomic mass is 10.1. The van der Waals surface area contributed by atoms with Crippen LogP contribution in [0.1, 0.15) is 49.4 Å². The second kappa shape index (κ2) is 8.05. The van der Waals surface area contributed by atoms with Crippen molar-refractivity contribution in [3.8, 4) is 5.69 Å². The molecular weight excluding hydrogens is 378 g/mol. The molecule has 1 aromatic carbocycles. The molecule has 3 aromatic rings. The standard InChI is InChI=1S/C19H19N5O5/c1-10-15(19(27)28-4)11(2)21-16(10)17(25)12(3)29-18(26)13-7-5-6-8-14(13)24-9-20-22-23-24/h5-9,12,21H,1-4H3/t12-/m1/s1. The van der Waals surface area contributed by atoms with E-state index in [4.69, 9.17) is 9.47 Å². The lowest BCUT2D eigenvalue weighted by Gasteiger charge is -2.14. The van der Waals surface area contributed by atoms with E-state index in [-0.39, 0.29) is 11.3 Å². The van der Waals surface area contributed by atoms with E-state index >= 15 is 0 Å². The van der Waals surface area contributed by atoms with Gasteiger partial charge in [-0.25, -0.2) is 9.59 Å². The van der Waals surface area contributed by atoms with Crippen LogP contribution in [0.5, 0.6) is 0 Å². The van der Waals surface area contributed by atoms with Crippen LogP contribution >= 0.6 is 0 Å². The number of para-hydroxylation sites is 1. The summed E-state index contributed by atoms with van der Waals surface area (Å²) >= 11 is 0. The van der Waals surface area contributed by atoms with E-state index in [0.717, 1.165) is 0 Å². The minimum absolute atomic E-state index is 0.192. The monoisotopic (exact) mass is 397 g/mol. The number of esters is 2. The summed E-state index contributed by atoms with van der Waals surface area (Å²) in [4.78, 5) is 40.3. The fraction of sp³-hybridized carbons (Fsp3) is 0.263. The molecule has 0 aliphatic heterocycles. The molecule has 3 rings (SSSR count). The van der Waals surface area contributed by atoms with Gasteiger partial charge in [0.2, 0.25) is 5.78 Å². The highest BCUT2D eigenvalue weighted by atomic mass is 16.5. The predicted molar refractivity (Wildman–Crippen MR) is 100.0 cm³/mol. The zero-order valence-electron chi connectivity index (χ0n) is 16.3. The van der Waals surface area contributed by atoms with Crippen LogP contribution in [0.2, 0.25) is 0 Å². The first-order valence-corrected chi connectivity index (χ1v) is 8.70. The normalized spacial score (nSPS) is 11.7. The Labute approximate surface area is 165 Å². The topological polar surface area (TPSA) is 129 Å². The summed E-state index contributed by atoms with van der Waals surface area (Å²) in [6, 6.07) is 6.59. The quantitative estimate of drug-likeness (QED) is 0.493. The van der Waals surface area contributed by atoms with E-state index in [1.165, 1.54) is 25.0 Å². The molecule has 0 spiro atoms. The van der Waals surface area contributed by atoms with Gasteiger partial charge in [-0.15, -0.1) is 5.10 Å². The number of hydrogen-bond acceptors (Lipinski definition) is 8. The molecule has 0 saturated carbocycles. The van der Waals surface area contributed by atoms with Crippen molar-refractivity contribution >= 4 is 17.7 Å². The summed E-state index contributed by atoms with van der Waals surface area (Å²) in [6.45, 7) is 4.76. The molecule has 0 amide bonds. The number of aryl methyl sites for hydroxylation is 1.